The van der Waals surface area contributed by atoms with E-state index in [9.17, 15) is 4.79 Å². The molecule has 0 aromatic heterocycles. The van der Waals surface area contributed by atoms with Gasteiger partial charge in [0, 0.05) is 12.6 Å². The molecular weight excluding hydrogens is 214 g/mol. The molecule has 1 N–H and O–H groups in total. The molecule has 0 aliphatic heterocycles. The van der Waals surface area contributed by atoms with Crippen LogP contribution in [0.15, 0.2) is 0 Å². The van der Waals surface area contributed by atoms with Crippen LogP contribution < -0.4 is 5.32 Å². The molecular formula is C14H27NO2. The quantitative estimate of drug-likeness (QED) is 0.697. The van der Waals surface area contributed by atoms with Gasteiger partial charge < -0.3 is 10.1 Å². The number of carbonyl (C=O) groups excluding carboxylic acids is 1. The molecule has 2 atom stereocenters. The predicted octanol–water partition coefficient (Wildman–Crippen LogP) is 2.74. The molecule has 1 aliphatic carbocycles. The predicted molar refractivity (Wildman–Crippen MR) is 69.8 cm³/mol. The summed E-state index contributed by atoms with van der Waals surface area (Å²) in [6.07, 6.45) is 6.29. The summed E-state index contributed by atoms with van der Waals surface area (Å²) in [5, 5.41) is 3.52. The number of rotatable bonds is 7. The normalized spacial score (nSPS) is 28.4. The largest absolute Gasteiger partial charge is 0.463 e. The molecule has 1 saturated carbocycles. The molecule has 3 heteroatoms. The highest BCUT2D eigenvalue weighted by Gasteiger charge is 2.23. The molecule has 3 nitrogen and oxygen atoms in total. The molecule has 1 rings (SSSR count). The van der Waals surface area contributed by atoms with Crippen molar-refractivity contribution in [3.8, 4) is 0 Å². The fourth-order valence-electron chi connectivity index (χ4n) is 2.64. The van der Waals surface area contributed by atoms with Crippen LogP contribution in [0.1, 0.15) is 52.9 Å². The van der Waals surface area contributed by atoms with Crippen molar-refractivity contribution in [2.45, 2.75) is 65.0 Å². The van der Waals surface area contributed by atoms with Gasteiger partial charge in [-0.3, -0.25) is 4.79 Å². The maximum atomic E-state index is 10.3. The molecule has 0 radical (unpaired) electrons. The Bertz CT molecular complexity index is 212. The van der Waals surface area contributed by atoms with E-state index in [0.717, 1.165) is 24.8 Å². The van der Waals surface area contributed by atoms with Crippen LogP contribution in [-0.4, -0.2) is 25.2 Å². The summed E-state index contributed by atoms with van der Waals surface area (Å²) in [6.45, 7) is 7.99. The standard InChI is InChI=1S/C14H27NO2/c1-4-14(17-10-16)9-15-12(3)13-7-5-11(2)6-8-13/h10-15H,4-9H2,1-3H3. The lowest BCUT2D eigenvalue weighted by Crippen LogP contribution is -2.40. The maximum absolute atomic E-state index is 10.3. The van der Waals surface area contributed by atoms with Gasteiger partial charge in [-0.2, -0.15) is 0 Å². The Morgan fingerprint density at radius 2 is 2.00 bits per heavy atom. The first-order valence-corrected chi connectivity index (χ1v) is 6.99. The van der Waals surface area contributed by atoms with Gasteiger partial charge in [0.1, 0.15) is 6.10 Å². The molecule has 0 aromatic carbocycles. The SMILES string of the molecule is CCC(CNC(C)C1CCC(C)CC1)OC=O. The van der Waals surface area contributed by atoms with Crippen LogP contribution in [-0.2, 0) is 9.53 Å². The average molecular weight is 241 g/mol. The Balaban J connectivity index is 2.23. The van der Waals surface area contributed by atoms with Crippen LogP contribution in [0.25, 0.3) is 0 Å². The molecule has 1 aliphatic rings. The third kappa shape index (κ3) is 5.07. The second-order valence-corrected chi connectivity index (χ2v) is 5.48. The van der Waals surface area contributed by atoms with E-state index in [0.29, 0.717) is 12.5 Å². The minimum Gasteiger partial charge on any atom is -0.463 e. The number of hydrogen-bond donors (Lipinski definition) is 1. The van der Waals surface area contributed by atoms with Gasteiger partial charge in [-0.15, -0.1) is 0 Å². The maximum Gasteiger partial charge on any atom is 0.293 e. The van der Waals surface area contributed by atoms with E-state index in [1.807, 2.05) is 6.92 Å². The molecule has 100 valence electrons. The minimum atomic E-state index is 0.0254. The molecule has 2 unspecified atom stereocenters. The van der Waals surface area contributed by atoms with Crippen LogP contribution in [0.5, 0.6) is 0 Å². The van der Waals surface area contributed by atoms with Gasteiger partial charge in [0.25, 0.3) is 6.47 Å². The van der Waals surface area contributed by atoms with E-state index in [1.54, 1.807) is 0 Å². The van der Waals surface area contributed by atoms with Crippen LogP contribution in [0.3, 0.4) is 0 Å². The van der Waals surface area contributed by atoms with Crippen molar-refractivity contribution in [3.63, 3.8) is 0 Å². The number of ether oxygens (including phenoxy) is 1. The van der Waals surface area contributed by atoms with E-state index in [2.05, 4.69) is 19.2 Å². The molecule has 0 bridgehead atoms. The fraction of sp³-hybridized carbons (Fsp3) is 0.929. The molecule has 1 fully saturated rings. The Hall–Kier alpha value is -0.570. The van der Waals surface area contributed by atoms with Gasteiger partial charge in [-0.25, -0.2) is 0 Å². The number of hydrogen-bond acceptors (Lipinski definition) is 3. The molecule has 0 aromatic rings. The average Bonchev–Trinajstić information content (AvgIpc) is 2.35. The van der Waals surface area contributed by atoms with Gasteiger partial charge in [-0.05, 0) is 38.0 Å². The Morgan fingerprint density at radius 1 is 1.35 bits per heavy atom. The Morgan fingerprint density at radius 3 is 2.53 bits per heavy atom. The van der Waals surface area contributed by atoms with Crippen molar-refractivity contribution in [1.82, 2.24) is 5.32 Å². The highest BCUT2D eigenvalue weighted by molar-refractivity contribution is 5.37. The highest BCUT2D eigenvalue weighted by Crippen LogP contribution is 2.30. The number of carbonyl (C=O) groups is 1. The Labute approximate surface area is 105 Å². The number of nitrogens with one attached hydrogen (secondary N) is 1. The van der Waals surface area contributed by atoms with Crippen molar-refractivity contribution < 1.29 is 9.53 Å². The molecule has 0 saturated heterocycles. The van der Waals surface area contributed by atoms with Crippen molar-refractivity contribution in [2.75, 3.05) is 6.54 Å². The van der Waals surface area contributed by atoms with Crippen molar-refractivity contribution in [1.29, 1.82) is 0 Å². The zero-order valence-electron chi connectivity index (χ0n) is 11.4. The lowest BCUT2D eigenvalue weighted by Gasteiger charge is -2.32. The van der Waals surface area contributed by atoms with Crippen LogP contribution in [0.2, 0.25) is 0 Å². The van der Waals surface area contributed by atoms with Gasteiger partial charge >= 0.3 is 0 Å². The summed E-state index contributed by atoms with van der Waals surface area (Å²) in [6, 6.07) is 0.534. The van der Waals surface area contributed by atoms with E-state index >= 15 is 0 Å². The van der Waals surface area contributed by atoms with Gasteiger partial charge in [-0.1, -0.05) is 26.7 Å². The lowest BCUT2D eigenvalue weighted by atomic mass is 9.80. The first-order chi connectivity index (χ1) is 8.17. The zero-order chi connectivity index (χ0) is 12.7. The highest BCUT2D eigenvalue weighted by atomic mass is 16.5. The summed E-state index contributed by atoms with van der Waals surface area (Å²) in [7, 11) is 0. The fourth-order valence-corrected chi connectivity index (χ4v) is 2.64. The summed E-state index contributed by atoms with van der Waals surface area (Å²) in [5.74, 6) is 1.69. The third-order valence-electron chi connectivity index (χ3n) is 4.14. The lowest BCUT2D eigenvalue weighted by molar-refractivity contribution is -0.133. The van der Waals surface area contributed by atoms with Crippen LogP contribution >= 0.6 is 0 Å². The minimum absolute atomic E-state index is 0.0254. The first-order valence-electron chi connectivity index (χ1n) is 6.99. The second-order valence-electron chi connectivity index (χ2n) is 5.48. The molecule has 0 heterocycles. The third-order valence-corrected chi connectivity index (χ3v) is 4.14. The van der Waals surface area contributed by atoms with Crippen LogP contribution in [0.4, 0.5) is 0 Å². The van der Waals surface area contributed by atoms with Crippen LogP contribution in [0, 0.1) is 11.8 Å². The van der Waals surface area contributed by atoms with E-state index < -0.39 is 0 Å². The van der Waals surface area contributed by atoms with Crippen molar-refractivity contribution >= 4 is 6.47 Å². The molecule has 0 spiro atoms. The van der Waals surface area contributed by atoms with Gasteiger partial charge in [0.05, 0.1) is 0 Å². The van der Waals surface area contributed by atoms with Crippen molar-refractivity contribution in [3.05, 3.63) is 0 Å². The zero-order valence-corrected chi connectivity index (χ0v) is 11.4. The molecule has 17 heavy (non-hydrogen) atoms. The smallest absolute Gasteiger partial charge is 0.293 e. The van der Waals surface area contributed by atoms with Gasteiger partial charge in [0.15, 0.2) is 0 Å². The summed E-state index contributed by atoms with van der Waals surface area (Å²) in [5.41, 5.74) is 0. The van der Waals surface area contributed by atoms with Gasteiger partial charge in [0.2, 0.25) is 0 Å². The topological polar surface area (TPSA) is 38.3 Å². The first kappa shape index (κ1) is 14.5. The van der Waals surface area contributed by atoms with E-state index in [4.69, 9.17) is 4.74 Å². The monoisotopic (exact) mass is 241 g/mol. The van der Waals surface area contributed by atoms with E-state index in [-0.39, 0.29) is 6.10 Å². The van der Waals surface area contributed by atoms with Crippen molar-refractivity contribution in [2.24, 2.45) is 11.8 Å². The van der Waals surface area contributed by atoms with E-state index in [1.165, 1.54) is 25.7 Å². The Kier molecular flexibility index (Phi) is 6.56. The summed E-state index contributed by atoms with van der Waals surface area (Å²) >= 11 is 0. The second kappa shape index (κ2) is 7.70. The summed E-state index contributed by atoms with van der Waals surface area (Å²) in [4.78, 5) is 10.3. The summed E-state index contributed by atoms with van der Waals surface area (Å²) < 4.78 is 5.00. The molecule has 0 amide bonds.